The van der Waals surface area contributed by atoms with Crippen molar-refractivity contribution >= 4 is 40.8 Å². The predicted molar refractivity (Wildman–Crippen MR) is 224 cm³/mol. The zero-order chi connectivity index (χ0) is 41.4. The topological polar surface area (TPSA) is 123 Å². The molecule has 1 aliphatic heterocycles. The van der Waals surface area contributed by atoms with Crippen LogP contribution in [0.1, 0.15) is 82.7 Å². The number of amides is 1. The van der Waals surface area contributed by atoms with E-state index in [9.17, 15) is 9.59 Å². The summed E-state index contributed by atoms with van der Waals surface area (Å²) in [6.45, 7) is 13.8. The molecule has 0 saturated carbocycles. The van der Waals surface area contributed by atoms with Gasteiger partial charge in [0.05, 0.1) is 52.8 Å². The highest BCUT2D eigenvalue weighted by atomic mass is 32.1. The molecule has 1 aromatic carbocycles. The quantitative estimate of drug-likeness (QED) is 0.0444. The number of anilines is 1. The minimum absolute atomic E-state index is 0.0194. The molecule has 0 spiro atoms. The summed E-state index contributed by atoms with van der Waals surface area (Å²) in [5.41, 5.74) is 11.0. The first-order valence-corrected chi connectivity index (χ1v) is 21.0. The van der Waals surface area contributed by atoms with Crippen LogP contribution in [0.4, 0.5) is 14.5 Å². The van der Waals surface area contributed by atoms with Crippen LogP contribution in [0, 0.1) is 0 Å². The fourth-order valence-corrected chi connectivity index (χ4v) is 7.84. The van der Waals surface area contributed by atoms with Crippen molar-refractivity contribution in [1.82, 2.24) is 30.3 Å². The number of likely N-dealkylation sites (N-methyl/N-ethyl adjacent to an activating group) is 1. The Morgan fingerprint density at radius 1 is 1.04 bits per heavy atom. The maximum atomic E-state index is 15.9. The summed E-state index contributed by atoms with van der Waals surface area (Å²) in [6.07, 6.45) is 6.23. The number of hydrogen-bond donors (Lipinski definition) is 2. The lowest BCUT2D eigenvalue weighted by molar-refractivity contribution is -0.140. The van der Waals surface area contributed by atoms with Gasteiger partial charge in [0.15, 0.2) is 6.61 Å². The molecule has 15 heteroatoms. The largest absolute Gasteiger partial charge is 0.461 e. The lowest BCUT2D eigenvalue weighted by Crippen LogP contribution is -2.44. The van der Waals surface area contributed by atoms with Gasteiger partial charge in [0, 0.05) is 80.2 Å². The molecule has 0 bridgehead atoms. The molecule has 1 fully saturated rings. The summed E-state index contributed by atoms with van der Waals surface area (Å²) in [5, 5.41) is 3.70. The zero-order valence-corrected chi connectivity index (χ0v) is 35.4. The molecule has 4 heterocycles. The smallest absolute Gasteiger partial charge is 0.293 e. The summed E-state index contributed by atoms with van der Waals surface area (Å²) in [7, 11) is 3.72. The number of carbonyl (C=O) groups is 2. The van der Waals surface area contributed by atoms with Crippen LogP contribution in [0.25, 0.3) is 33.4 Å². The number of hydrazine groups is 1. The Balaban J connectivity index is 0.00000354. The van der Waals surface area contributed by atoms with Crippen LogP contribution >= 0.6 is 11.3 Å². The number of halogens is 2. The van der Waals surface area contributed by atoms with Gasteiger partial charge in [-0.3, -0.25) is 20.0 Å². The van der Waals surface area contributed by atoms with Gasteiger partial charge in [-0.2, -0.15) is 0 Å². The van der Waals surface area contributed by atoms with Gasteiger partial charge in [-0.25, -0.2) is 19.2 Å². The number of piperazine rings is 1. The highest BCUT2D eigenvalue weighted by Gasteiger charge is 2.35. The van der Waals surface area contributed by atoms with E-state index in [0.29, 0.717) is 47.5 Å². The van der Waals surface area contributed by atoms with Crippen LogP contribution in [0.5, 0.6) is 0 Å². The van der Waals surface area contributed by atoms with Gasteiger partial charge in [0.1, 0.15) is 0 Å². The molecule has 0 aliphatic carbocycles. The van der Waals surface area contributed by atoms with Gasteiger partial charge in [0.25, 0.3) is 12.4 Å². The van der Waals surface area contributed by atoms with Crippen LogP contribution in [-0.2, 0) is 43.2 Å². The third-order valence-corrected chi connectivity index (χ3v) is 10.9. The van der Waals surface area contributed by atoms with Crippen molar-refractivity contribution in [1.29, 1.82) is 0 Å². The zero-order valence-electron chi connectivity index (χ0n) is 34.6. The number of benzene rings is 1. The third kappa shape index (κ3) is 12.7. The molecule has 1 unspecified atom stereocenters. The third-order valence-electron chi connectivity index (χ3n) is 9.95. The number of unbranched alkanes of at least 4 members (excludes halogenated alkanes) is 3. The molecular weight excluding hydrogens is 753 g/mol. The van der Waals surface area contributed by atoms with Crippen LogP contribution in [0.15, 0.2) is 35.8 Å². The van der Waals surface area contributed by atoms with Crippen LogP contribution in [0.2, 0.25) is 0 Å². The number of aromatic nitrogens is 3. The number of hydrogen-bond acceptors (Lipinski definition) is 11. The first-order chi connectivity index (χ1) is 27.5. The fraction of sp³-hybridized carbons (Fsp3) is 0.571. The molecule has 57 heavy (non-hydrogen) atoms. The van der Waals surface area contributed by atoms with Gasteiger partial charge in [-0.1, -0.05) is 32.8 Å². The maximum absolute atomic E-state index is 15.9. The number of methoxy groups -OCH3 is 1. The van der Waals surface area contributed by atoms with E-state index >= 15 is 8.78 Å². The Bertz CT molecular complexity index is 1840. The van der Waals surface area contributed by atoms with Gasteiger partial charge in [-0.15, -0.1) is 11.3 Å². The average Bonchev–Trinajstić information content (AvgIpc) is 3.80. The Morgan fingerprint density at radius 2 is 1.79 bits per heavy atom. The van der Waals surface area contributed by atoms with Crippen molar-refractivity contribution in [3.05, 3.63) is 52.1 Å². The molecular formula is C42H61F2N7O5S. The molecule has 5 rings (SSSR count). The number of ether oxygens (including phenoxy) is 3. The Morgan fingerprint density at radius 3 is 2.49 bits per heavy atom. The Kier molecular flexibility index (Phi) is 18.3. The first-order valence-electron chi connectivity index (χ1n) is 20.1. The number of pyridine rings is 1. The van der Waals surface area contributed by atoms with Crippen molar-refractivity contribution in [2.24, 2.45) is 0 Å². The highest BCUT2D eigenvalue weighted by molar-refractivity contribution is 7.09. The number of fused-ring (bicyclic) bond motifs is 1. The number of rotatable bonds is 23. The van der Waals surface area contributed by atoms with Gasteiger partial charge >= 0.3 is 0 Å². The summed E-state index contributed by atoms with van der Waals surface area (Å²) in [5.74, 6) is -3.36. The van der Waals surface area contributed by atoms with Crippen molar-refractivity contribution < 1.29 is 32.6 Å². The molecule has 4 aromatic rings. The second-order valence-electron chi connectivity index (χ2n) is 14.3. The minimum atomic E-state index is -3.36. The number of nitrogens with zero attached hydrogens (tertiary/aromatic N) is 5. The lowest BCUT2D eigenvalue weighted by atomic mass is 9.96. The minimum Gasteiger partial charge on any atom is -0.461 e. The van der Waals surface area contributed by atoms with Crippen molar-refractivity contribution in [2.45, 2.75) is 97.8 Å². The standard InChI is InChI=1S/C40H55F2N7O5S.C2H6/c1-28(2)54-19-18-49-36-12-11-30(35-24-55-37(46-35)10-8-6-7-9-13-44-45-26-50)20-32(36)34(22-40(41,42)25-53-27-51)39(49)33-21-31(23-43-38(33)29(3)52-5)48-16-14-47(4)15-17-48;1-2/h11-12,20-21,23-24,26-29,44H,6-10,13-19,22,25H2,1-5H3,(H,45,50);1-2H3. The van der Waals surface area contributed by atoms with E-state index in [-0.39, 0.29) is 12.6 Å². The number of nitrogens with one attached hydrogen (secondary N) is 2. The van der Waals surface area contributed by atoms with Crippen LogP contribution in [-0.4, -0.2) is 104 Å². The molecule has 314 valence electrons. The summed E-state index contributed by atoms with van der Waals surface area (Å²) >= 11 is 1.60. The maximum Gasteiger partial charge on any atom is 0.293 e. The van der Waals surface area contributed by atoms with Crippen molar-refractivity contribution in [3.63, 3.8) is 0 Å². The van der Waals surface area contributed by atoms with E-state index in [4.69, 9.17) is 19.4 Å². The highest BCUT2D eigenvalue weighted by Crippen LogP contribution is 2.42. The molecule has 1 atom stereocenters. The molecule has 1 saturated heterocycles. The average molecular weight is 814 g/mol. The SMILES string of the molecule is CC.COC(C)c1ncc(N2CCN(C)CC2)cc1-c1c(CC(F)(F)COC=O)c2cc(-c3csc(CCCCCCNNC=O)n3)ccc2n1CCOC(C)C. The Labute approximate surface area is 340 Å². The van der Waals surface area contributed by atoms with Crippen molar-refractivity contribution in [3.8, 4) is 22.5 Å². The number of thiazole rings is 1. The van der Waals surface area contributed by atoms with Crippen molar-refractivity contribution in [2.75, 3.05) is 65.0 Å². The van der Waals surface area contributed by atoms with E-state index in [1.807, 2.05) is 64.4 Å². The molecule has 2 N–H and O–H groups in total. The molecule has 1 aliphatic rings. The second kappa shape index (κ2) is 22.8. The van der Waals surface area contributed by atoms with Gasteiger partial charge in [-0.05, 0) is 70.8 Å². The molecule has 1 amide bonds. The van der Waals surface area contributed by atoms with Crippen LogP contribution < -0.4 is 15.8 Å². The summed E-state index contributed by atoms with van der Waals surface area (Å²) in [4.78, 5) is 35.9. The summed E-state index contributed by atoms with van der Waals surface area (Å²) < 4.78 is 50.4. The predicted octanol–water partition coefficient (Wildman–Crippen LogP) is 7.44. The normalized spacial score (nSPS) is 14.1. The van der Waals surface area contributed by atoms with E-state index in [1.54, 1.807) is 18.4 Å². The molecule has 0 radical (unpaired) electrons. The van der Waals surface area contributed by atoms with Gasteiger partial charge in [0.2, 0.25) is 6.41 Å². The second-order valence-corrected chi connectivity index (χ2v) is 15.3. The lowest BCUT2D eigenvalue weighted by Gasteiger charge is -2.34. The number of aryl methyl sites for hydroxylation is 1. The van der Waals surface area contributed by atoms with E-state index in [1.165, 1.54) is 0 Å². The molecule has 3 aromatic heterocycles. The molecule has 12 nitrogen and oxygen atoms in total. The number of carbonyl (C=O) groups excluding carboxylic acids is 2. The number of alkyl halides is 2. The first kappa shape index (κ1) is 45.7. The Hall–Kier alpha value is -4.02. The van der Waals surface area contributed by atoms with E-state index < -0.39 is 25.1 Å². The monoisotopic (exact) mass is 813 g/mol. The summed E-state index contributed by atoms with van der Waals surface area (Å²) in [6, 6.07) is 8.00. The fourth-order valence-electron chi connectivity index (χ4n) is 6.99. The van der Waals surface area contributed by atoms with E-state index in [2.05, 4.69) is 43.1 Å². The van der Waals surface area contributed by atoms with Gasteiger partial charge < -0.3 is 28.6 Å². The van der Waals surface area contributed by atoms with E-state index in [0.717, 1.165) is 92.3 Å². The van der Waals surface area contributed by atoms with Crippen LogP contribution in [0.3, 0.4) is 0 Å².